The Morgan fingerprint density at radius 2 is 2.29 bits per heavy atom. The smallest absolute Gasteiger partial charge is 0.168 e. The van der Waals surface area contributed by atoms with Gasteiger partial charge >= 0.3 is 0 Å². The fraction of sp³-hybridized carbons (Fsp3) is 0.231. The Labute approximate surface area is 104 Å². The van der Waals surface area contributed by atoms with Crippen molar-refractivity contribution in [2.24, 2.45) is 0 Å². The molecule has 0 atom stereocenters. The Bertz CT molecular complexity index is 534. The molecule has 0 N–H and O–H groups in total. The number of carbonyl (C=O) groups is 1. The Balaban J connectivity index is 2.14. The molecule has 0 spiro atoms. The molecule has 0 aliphatic rings. The second-order valence-corrected chi connectivity index (χ2v) is 4.75. The maximum atomic E-state index is 12.0. The van der Waals surface area contributed by atoms with Crippen LogP contribution in [0.5, 0.6) is 5.75 Å². The van der Waals surface area contributed by atoms with Gasteiger partial charge in [-0.2, -0.15) is 0 Å². The largest absolute Gasteiger partial charge is 0.497 e. The Morgan fingerprint density at radius 1 is 1.47 bits per heavy atom. The molecule has 17 heavy (non-hydrogen) atoms. The lowest BCUT2D eigenvalue weighted by molar-refractivity contribution is 0.0992. The lowest BCUT2D eigenvalue weighted by Crippen LogP contribution is -2.04. The maximum absolute atomic E-state index is 12.0. The number of thiazole rings is 1. The number of ether oxygens (including phenoxy) is 1. The highest BCUT2D eigenvalue weighted by Gasteiger charge is 2.09. The quantitative estimate of drug-likeness (QED) is 0.780. The molecule has 1 aromatic heterocycles. The molecular weight excluding hydrogens is 234 g/mol. The van der Waals surface area contributed by atoms with Crippen LogP contribution in [0.1, 0.15) is 21.1 Å². The van der Waals surface area contributed by atoms with Crippen LogP contribution in [0.25, 0.3) is 0 Å². The predicted molar refractivity (Wildman–Crippen MR) is 67.9 cm³/mol. The number of aryl methyl sites for hydroxylation is 1. The first-order valence-electron chi connectivity index (χ1n) is 5.27. The zero-order valence-electron chi connectivity index (χ0n) is 9.77. The molecule has 2 rings (SSSR count). The lowest BCUT2D eigenvalue weighted by atomic mass is 10.1. The van der Waals surface area contributed by atoms with E-state index >= 15 is 0 Å². The van der Waals surface area contributed by atoms with Gasteiger partial charge in [0.2, 0.25) is 0 Å². The zero-order chi connectivity index (χ0) is 12.3. The van der Waals surface area contributed by atoms with Gasteiger partial charge in [-0.1, -0.05) is 12.1 Å². The van der Waals surface area contributed by atoms with Crippen LogP contribution in [0.15, 0.2) is 29.6 Å². The summed E-state index contributed by atoms with van der Waals surface area (Å²) in [6, 6.07) is 7.19. The highest BCUT2D eigenvalue weighted by Crippen LogP contribution is 2.15. The van der Waals surface area contributed by atoms with E-state index in [1.165, 1.54) is 0 Å². The van der Waals surface area contributed by atoms with Crippen molar-refractivity contribution in [3.05, 3.63) is 45.9 Å². The van der Waals surface area contributed by atoms with Gasteiger partial charge in [0, 0.05) is 10.9 Å². The van der Waals surface area contributed by atoms with Crippen molar-refractivity contribution >= 4 is 17.1 Å². The number of rotatable bonds is 4. The fourth-order valence-electron chi connectivity index (χ4n) is 1.55. The molecule has 1 aromatic carbocycles. The van der Waals surface area contributed by atoms with Crippen LogP contribution >= 0.6 is 11.3 Å². The Morgan fingerprint density at radius 3 is 2.94 bits per heavy atom. The first kappa shape index (κ1) is 11.8. The predicted octanol–water partition coefficient (Wildman–Crippen LogP) is 2.89. The minimum atomic E-state index is 0.0641. The summed E-state index contributed by atoms with van der Waals surface area (Å²) in [5.41, 5.74) is 1.50. The molecule has 0 aliphatic carbocycles. The van der Waals surface area contributed by atoms with Gasteiger partial charge in [-0.3, -0.25) is 4.79 Å². The molecule has 1 heterocycles. The van der Waals surface area contributed by atoms with E-state index in [4.69, 9.17) is 4.74 Å². The van der Waals surface area contributed by atoms with Gasteiger partial charge < -0.3 is 4.74 Å². The highest BCUT2D eigenvalue weighted by atomic mass is 32.1. The van der Waals surface area contributed by atoms with E-state index in [9.17, 15) is 4.79 Å². The number of aromatic nitrogens is 1. The van der Waals surface area contributed by atoms with E-state index in [2.05, 4.69) is 4.98 Å². The molecule has 0 unspecified atom stereocenters. The molecule has 4 heteroatoms. The summed E-state index contributed by atoms with van der Waals surface area (Å²) in [4.78, 5) is 16.3. The van der Waals surface area contributed by atoms with Crippen molar-refractivity contribution in [1.82, 2.24) is 4.98 Å². The monoisotopic (exact) mass is 247 g/mol. The molecule has 0 fully saturated rings. The van der Waals surface area contributed by atoms with Gasteiger partial charge in [-0.25, -0.2) is 4.98 Å². The number of nitrogens with zero attached hydrogens (tertiary/aromatic N) is 1. The topological polar surface area (TPSA) is 39.2 Å². The second kappa shape index (κ2) is 5.10. The van der Waals surface area contributed by atoms with Crippen LogP contribution < -0.4 is 4.74 Å². The van der Waals surface area contributed by atoms with E-state index in [1.54, 1.807) is 30.6 Å². The Hall–Kier alpha value is -1.68. The number of benzene rings is 1. The van der Waals surface area contributed by atoms with Gasteiger partial charge in [0.15, 0.2) is 5.78 Å². The molecule has 3 nitrogen and oxygen atoms in total. The van der Waals surface area contributed by atoms with Gasteiger partial charge in [0.25, 0.3) is 0 Å². The fourth-order valence-corrected chi connectivity index (χ4v) is 2.17. The van der Waals surface area contributed by atoms with Gasteiger partial charge in [0.05, 0.1) is 24.2 Å². The van der Waals surface area contributed by atoms with Crippen LogP contribution in [0.3, 0.4) is 0 Å². The van der Waals surface area contributed by atoms with Gasteiger partial charge in [-0.15, -0.1) is 11.3 Å². The molecule has 0 bridgehead atoms. The van der Waals surface area contributed by atoms with Crippen LogP contribution in [-0.2, 0) is 6.42 Å². The highest BCUT2D eigenvalue weighted by molar-refractivity contribution is 7.09. The summed E-state index contributed by atoms with van der Waals surface area (Å²) >= 11 is 1.56. The van der Waals surface area contributed by atoms with Crippen molar-refractivity contribution in [1.29, 1.82) is 0 Å². The van der Waals surface area contributed by atoms with Crippen molar-refractivity contribution in [3.8, 4) is 5.75 Å². The number of ketones is 1. The average molecular weight is 247 g/mol. The van der Waals surface area contributed by atoms with E-state index < -0.39 is 0 Å². The summed E-state index contributed by atoms with van der Waals surface area (Å²) in [6.07, 6.45) is 0.345. The summed E-state index contributed by atoms with van der Waals surface area (Å²) in [5.74, 6) is 0.763. The minimum absolute atomic E-state index is 0.0641. The third-order valence-corrected chi connectivity index (χ3v) is 3.22. The van der Waals surface area contributed by atoms with Crippen LogP contribution in [0, 0.1) is 6.92 Å². The van der Waals surface area contributed by atoms with Crippen LogP contribution in [-0.4, -0.2) is 17.9 Å². The summed E-state index contributed by atoms with van der Waals surface area (Å²) in [6.45, 7) is 1.93. The third-order valence-electron chi connectivity index (χ3n) is 2.40. The molecular formula is C13H13NO2S. The van der Waals surface area contributed by atoms with Gasteiger partial charge in [0.1, 0.15) is 5.75 Å². The molecule has 0 radical (unpaired) electrons. The first-order chi connectivity index (χ1) is 8.19. The second-order valence-electron chi connectivity index (χ2n) is 3.69. The molecule has 2 aromatic rings. The summed E-state index contributed by atoms with van der Waals surface area (Å²) < 4.78 is 5.09. The third kappa shape index (κ3) is 2.91. The zero-order valence-corrected chi connectivity index (χ0v) is 10.6. The molecule has 88 valence electrons. The molecule has 0 saturated carbocycles. The van der Waals surface area contributed by atoms with Crippen LogP contribution in [0.2, 0.25) is 0 Å². The van der Waals surface area contributed by atoms with E-state index in [0.717, 1.165) is 10.7 Å². The van der Waals surface area contributed by atoms with Gasteiger partial charge in [-0.05, 0) is 19.1 Å². The van der Waals surface area contributed by atoms with E-state index in [-0.39, 0.29) is 5.78 Å². The van der Waals surface area contributed by atoms with Crippen molar-refractivity contribution in [2.45, 2.75) is 13.3 Å². The number of hydrogen-bond acceptors (Lipinski definition) is 4. The van der Waals surface area contributed by atoms with E-state index in [1.807, 2.05) is 24.4 Å². The first-order valence-corrected chi connectivity index (χ1v) is 6.15. The molecule has 0 saturated heterocycles. The normalized spacial score (nSPS) is 10.2. The maximum Gasteiger partial charge on any atom is 0.168 e. The van der Waals surface area contributed by atoms with E-state index in [0.29, 0.717) is 17.7 Å². The summed E-state index contributed by atoms with van der Waals surface area (Å²) in [5, 5.41) is 2.91. The Kier molecular flexibility index (Phi) is 3.54. The average Bonchev–Trinajstić information content (AvgIpc) is 2.75. The number of methoxy groups -OCH3 is 1. The van der Waals surface area contributed by atoms with Crippen LogP contribution in [0.4, 0.5) is 0 Å². The van der Waals surface area contributed by atoms with Crippen molar-refractivity contribution in [2.75, 3.05) is 7.11 Å². The molecule has 0 amide bonds. The molecule has 0 aliphatic heterocycles. The van der Waals surface area contributed by atoms with Crippen molar-refractivity contribution < 1.29 is 9.53 Å². The number of carbonyl (C=O) groups excluding carboxylic acids is 1. The number of Topliss-reactive ketones (excluding diaryl/α,β-unsaturated/α-hetero) is 1. The number of hydrogen-bond donors (Lipinski definition) is 0. The standard InChI is InChI=1S/C13H13NO2S/c1-9-14-11(8-17-9)7-13(15)10-4-3-5-12(6-10)16-2/h3-6,8H,7H2,1-2H3. The lowest BCUT2D eigenvalue weighted by Gasteiger charge is -2.02. The minimum Gasteiger partial charge on any atom is -0.497 e. The summed E-state index contributed by atoms with van der Waals surface area (Å²) in [7, 11) is 1.59. The SMILES string of the molecule is COc1cccc(C(=O)Cc2csc(C)n2)c1. The van der Waals surface area contributed by atoms with Crippen molar-refractivity contribution in [3.63, 3.8) is 0 Å².